The Kier molecular flexibility index (Phi) is 7.11. The number of hydrogen-bond acceptors (Lipinski definition) is 4. The number of quaternary nitrogens is 1. The van der Waals surface area contributed by atoms with Gasteiger partial charge in [0.25, 0.3) is 0 Å². The lowest BCUT2D eigenvalue weighted by Gasteiger charge is -2.48. The molecule has 2 N–H and O–H groups in total. The zero-order valence-corrected chi connectivity index (χ0v) is 11.7. The van der Waals surface area contributed by atoms with Gasteiger partial charge >= 0.3 is 0 Å². The molecule has 2 atom stereocenters. The Labute approximate surface area is 110 Å². The smallest absolute Gasteiger partial charge is 0.192 e. The summed E-state index contributed by atoms with van der Waals surface area (Å²) in [7, 11) is 0. The Bertz CT molecular complexity index is 203. The molecule has 0 aromatic carbocycles. The quantitative estimate of drug-likeness (QED) is 0.632. The number of piperidine rings is 1. The Morgan fingerprint density at radius 2 is 1.33 bits per heavy atom. The molecule has 1 aliphatic rings. The fourth-order valence-corrected chi connectivity index (χ4v) is 2.87. The van der Waals surface area contributed by atoms with Crippen LogP contribution in [0.3, 0.4) is 0 Å². The first-order valence-electron chi connectivity index (χ1n) is 6.98. The number of aliphatic hydroxyl groups excluding tert-OH is 2. The molecule has 0 saturated carbocycles. The molecule has 1 aliphatic heterocycles. The molecule has 0 bridgehead atoms. The molecule has 0 amide bonds. The summed E-state index contributed by atoms with van der Waals surface area (Å²) in [6.45, 7) is 7.03. The van der Waals surface area contributed by atoms with Gasteiger partial charge in [0, 0.05) is 13.8 Å². The minimum absolute atomic E-state index is 0.0196. The van der Waals surface area contributed by atoms with Crippen molar-refractivity contribution in [1.29, 1.82) is 0 Å². The fourth-order valence-electron chi connectivity index (χ4n) is 2.87. The summed E-state index contributed by atoms with van der Waals surface area (Å²) in [4.78, 5) is 0. The van der Waals surface area contributed by atoms with Crippen LogP contribution in [0.1, 0.15) is 33.1 Å². The summed E-state index contributed by atoms with van der Waals surface area (Å²) in [6.07, 6.45) is 3.66. The Morgan fingerprint density at radius 3 is 1.72 bits per heavy atom. The number of nitrogens with zero attached hydrogens (tertiary/aromatic N) is 1. The molecule has 108 valence electrons. The Hall–Kier alpha value is -0.200. The third-order valence-electron chi connectivity index (χ3n) is 4.00. The van der Waals surface area contributed by atoms with Crippen molar-refractivity contribution < 1.29 is 24.2 Å². The van der Waals surface area contributed by atoms with Crippen molar-refractivity contribution >= 4 is 0 Å². The molecule has 1 heterocycles. The van der Waals surface area contributed by atoms with E-state index in [1.807, 2.05) is 0 Å². The second kappa shape index (κ2) is 8.07. The number of rotatable bonds is 8. The highest BCUT2D eigenvalue weighted by Gasteiger charge is 2.41. The van der Waals surface area contributed by atoms with Crippen LogP contribution in [0.5, 0.6) is 0 Å². The molecule has 0 spiro atoms. The summed E-state index contributed by atoms with van der Waals surface area (Å²) in [5, 5.41) is 17.8. The topological polar surface area (TPSA) is 58.9 Å². The second-order valence-electron chi connectivity index (χ2n) is 5.00. The van der Waals surface area contributed by atoms with E-state index in [0.717, 1.165) is 17.6 Å². The minimum Gasteiger partial charge on any atom is -0.394 e. The number of ether oxygens (including phenoxy) is 2. The standard InChI is InChI=1S/C13H28NO4/c1-12(17-10-8-15)14(6-4-3-5-7-14)13(2)18-11-9-16/h12-13,15-16H,3-11H2,1-2H3/q+1. The summed E-state index contributed by atoms with van der Waals surface area (Å²) in [6, 6.07) is 0. The molecular formula is C13H28NO4+. The van der Waals surface area contributed by atoms with Crippen LogP contribution < -0.4 is 0 Å². The van der Waals surface area contributed by atoms with E-state index in [4.69, 9.17) is 19.7 Å². The molecule has 1 rings (SSSR count). The maximum atomic E-state index is 8.88. The predicted molar refractivity (Wildman–Crippen MR) is 68.8 cm³/mol. The number of hydrogen-bond donors (Lipinski definition) is 2. The van der Waals surface area contributed by atoms with Crippen molar-refractivity contribution in [3.05, 3.63) is 0 Å². The molecule has 0 radical (unpaired) electrons. The van der Waals surface area contributed by atoms with Crippen molar-refractivity contribution in [2.45, 2.75) is 45.6 Å². The van der Waals surface area contributed by atoms with Gasteiger partial charge in [-0.25, -0.2) is 0 Å². The van der Waals surface area contributed by atoms with E-state index in [2.05, 4.69) is 13.8 Å². The molecule has 5 heteroatoms. The van der Waals surface area contributed by atoms with Crippen molar-refractivity contribution in [3.8, 4) is 0 Å². The van der Waals surface area contributed by atoms with Gasteiger partial charge in [0.05, 0.1) is 39.5 Å². The van der Waals surface area contributed by atoms with Gasteiger partial charge in [0.15, 0.2) is 12.5 Å². The molecule has 0 aliphatic carbocycles. The molecule has 18 heavy (non-hydrogen) atoms. The average molecular weight is 262 g/mol. The Balaban J connectivity index is 2.66. The van der Waals surface area contributed by atoms with Crippen LogP contribution in [-0.2, 0) is 9.47 Å². The van der Waals surface area contributed by atoms with Crippen LogP contribution in [0.2, 0.25) is 0 Å². The van der Waals surface area contributed by atoms with E-state index < -0.39 is 0 Å². The molecule has 5 nitrogen and oxygen atoms in total. The largest absolute Gasteiger partial charge is 0.394 e. The van der Waals surface area contributed by atoms with Gasteiger partial charge in [0.2, 0.25) is 0 Å². The predicted octanol–water partition coefficient (Wildman–Crippen LogP) is 0.697. The second-order valence-corrected chi connectivity index (χ2v) is 5.00. The van der Waals surface area contributed by atoms with Gasteiger partial charge in [0.1, 0.15) is 0 Å². The average Bonchev–Trinajstić information content (AvgIpc) is 2.42. The van der Waals surface area contributed by atoms with Crippen molar-refractivity contribution in [2.75, 3.05) is 39.5 Å². The lowest BCUT2D eigenvalue weighted by atomic mass is 10.1. The van der Waals surface area contributed by atoms with Gasteiger partial charge in [-0.1, -0.05) is 0 Å². The van der Waals surface area contributed by atoms with Crippen molar-refractivity contribution in [2.24, 2.45) is 0 Å². The zero-order chi connectivity index (χ0) is 13.4. The van der Waals surface area contributed by atoms with E-state index in [-0.39, 0.29) is 25.7 Å². The van der Waals surface area contributed by atoms with Crippen LogP contribution in [0, 0.1) is 0 Å². The van der Waals surface area contributed by atoms with E-state index in [1.165, 1.54) is 19.3 Å². The SMILES string of the molecule is CC(OCCO)[N+]1(C(C)OCCO)CCCCC1. The lowest BCUT2D eigenvalue weighted by Crippen LogP contribution is -2.63. The van der Waals surface area contributed by atoms with Crippen LogP contribution in [-0.4, -0.2) is 66.7 Å². The van der Waals surface area contributed by atoms with Crippen LogP contribution in [0.25, 0.3) is 0 Å². The van der Waals surface area contributed by atoms with Gasteiger partial charge in [-0.3, -0.25) is 4.48 Å². The van der Waals surface area contributed by atoms with Crippen molar-refractivity contribution in [1.82, 2.24) is 0 Å². The third-order valence-corrected chi connectivity index (χ3v) is 4.00. The maximum absolute atomic E-state index is 8.88. The molecule has 0 aromatic heterocycles. The summed E-state index contributed by atoms with van der Waals surface area (Å²) < 4.78 is 12.2. The molecule has 2 unspecified atom stereocenters. The molecule has 1 saturated heterocycles. The van der Waals surface area contributed by atoms with Gasteiger partial charge in [-0.05, 0) is 19.3 Å². The molecule has 1 fully saturated rings. The monoisotopic (exact) mass is 262 g/mol. The highest BCUT2D eigenvalue weighted by molar-refractivity contribution is 4.57. The Morgan fingerprint density at radius 1 is 0.889 bits per heavy atom. The highest BCUT2D eigenvalue weighted by Crippen LogP contribution is 2.28. The van der Waals surface area contributed by atoms with E-state index >= 15 is 0 Å². The number of likely N-dealkylation sites (tertiary alicyclic amines) is 1. The number of aliphatic hydroxyl groups is 2. The van der Waals surface area contributed by atoms with Gasteiger partial charge in [-0.2, -0.15) is 0 Å². The third kappa shape index (κ3) is 3.90. The van der Waals surface area contributed by atoms with E-state index in [0.29, 0.717) is 13.2 Å². The fraction of sp³-hybridized carbons (Fsp3) is 1.00. The van der Waals surface area contributed by atoms with Gasteiger partial charge in [-0.15, -0.1) is 0 Å². The lowest BCUT2D eigenvalue weighted by molar-refractivity contribution is -1.01. The van der Waals surface area contributed by atoms with E-state index in [1.54, 1.807) is 0 Å². The minimum atomic E-state index is 0.0196. The summed E-state index contributed by atoms with van der Waals surface area (Å²) in [5.74, 6) is 0. The van der Waals surface area contributed by atoms with Crippen LogP contribution in [0.4, 0.5) is 0 Å². The highest BCUT2D eigenvalue weighted by atomic mass is 16.5. The van der Waals surface area contributed by atoms with Crippen molar-refractivity contribution in [3.63, 3.8) is 0 Å². The first-order chi connectivity index (χ1) is 8.67. The first-order valence-corrected chi connectivity index (χ1v) is 6.98. The first kappa shape index (κ1) is 15.9. The van der Waals surface area contributed by atoms with Crippen LogP contribution >= 0.6 is 0 Å². The zero-order valence-electron chi connectivity index (χ0n) is 11.7. The maximum Gasteiger partial charge on any atom is 0.192 e. The molecule has 0 aromatic rings. The van der Waals surface area contributed by atoms with Crippen LogP contribution in [0.15, 0.2) is 0 Å². The van der Waals surface area contributed by atoms with E-state index in [9.17, 15) is 0 Å². The molecular weight excluding hydrogens is 234 g/mol. The summed E-state index contributed by atoms with van der Waals surface area (Å²) in [5.41, 5.74) is 0. The normalized spacial score (nSPS) is 22.7. The summed E-state index contributed by atoms with van der Waals surface area (Å²) >= 11 is 0. The van der Waals surface area contributed by atoms with Gasteiger partial charge < -0.3 is 19.7 Å².